The number of carbonyl (C=O) groups is 1. The van der Waals surface area contributed by atoms with E-state index in [4.69, 9.17) is 9.47 Å². The summed E-state index contributed by atoms with van der Waals surface area (Å²) in [7, 11) is 0. The second-order valence-electron chi connectivity index (χ2n) is 19.4. The fraction of sp³-hybridized carbons (Fsp3) is 0.944. The van der Waals surface area contributed by atoms with Gasteiger partial charge in [-0.25, -0.2) is 0 Å². The molecule has 0 aromatic rings. The van der Waals surface area contributed by atoms with Gasteiger partial charge in [-0.1, -0.05) is 257 Å². The van der Waals surface area contributed by atoms with E-state index < -0.39 is 49.5 Å². The number of carbonyl (C=O) groups excluding carboxylic acids is 1. The van der Waals surface area contributed by atoms with Crippen molar-refractivity contribution in [1.29, 1.82) is 0 Å². The fourth-order valence-corrected chi connectivity index (χ4v) is 8.98. The Morgan fingerprint density at radius 3 is 1.24 bits per heavy atom. The van der Waals surface area contributed by atoms with Crippen molar-refractivity contribution in [3.05, 3.63) is 12.2 Å². The summed E-state index contributed by atoms with van der Waals surface area (Å²) in [5, 5.41) is 54.4. The molecule has 0 spiro atoms. The molecule has 0 aliphatic carbocycles. The van der Waals surface area contributed by atoms with E-state index >= 15 is 0 Å². The maximum absolute atomic E-state index is 13.0. The van der Waals surface area contributed by atoms with Crippen molar-refractivity contribution in [3.63, 3.8) is 0 Å². The van der Waals surface area contributed by atoms with Crippen LogP contribution in [0.3, 0.4) is 0 Å². The monoisotopic (exact) mass is 896 g/mol. The summed E-state index contributed by atoms with van der Waals surface area (Å²) in [6.45, 7) is 3.81. The number of rotatable bonds is 47. The number of aliphatic hydroxyl groups excluding tert-OH is 5. The third-order valence-electron chi connectivity index (χ3n) is 13.4. The number of hydrogen-bond donors (Lipinski definition) is 6. The molecule has 6 N–H and O–H groups in total. The minimum absolute atomic E-state index is 0.171. The number of aliphatic hydroxyl groups is 5. The molecule has 0 radical (unpaired) electrons. The Labute approximate surface area is 388 Å². The van der Waals surface area contributed by atoms with Gasteiger partial charge >= 0.3 is 0 Å². The first-order valence-corrected chi connectivity index (χ1v) is 27.4. The van der Waals surface area contributed by atoms with Crippen molar-refractivity contribution >= 4 is 5.91 Å². The van der Waals surface area contributed by atoms with Gasteiger partial charge in [0.05, 0.1) is 25.4 Å². The quantitative estimate of drug-likeness (QED) is 0.0261. The van der Waals surface area contributed by atoms with Crippen LogP contribution in [0.15, 0.2) is 12.2 Å². The zero-order valence-corrected chi connectivity index (χ0v) is 41.4. The van der Waals surface area contributed by atoms with Crippen LogP contribution < -0.4 is 5.32 Å². The van der Waals surface area contributed by atoms with E-state index in [1.165, 1.54) is 212 Å². The Kier molecular flexibility index (Phi) is 42.6. The molecule has 7 atom stereocenters. The standard InChI is InChI=1S/C54H105NO8/c1-3-5-7-9-11-13-15-17-19-21-22-23-24-25-26-27-28-30-32-34-36-38-40-42-44-50(58)55-47(46-62-54-53(61)52(60)51(59)49(45-56)63-54)48(57)43-41-39-37-35-33-31-29-20-18-16-14-12-10-8-6-4-2/h41,43,47-49,51-54,56-57,59-61H,3-40,42,44-46H2,1-2H3,(H,55,58)/b43-41+/t47-,48+,49+,51-,52?,53?,54+/m0/s1. The topological polar surface area (TPSA) is 149 Å². The number of unbranched alkanes of at least 4 members (excludes halogenated alkanes) is 37. The minimum Gasteiger partial charge on any atom is -0.394 e. The Balaban J connectivity index is 2.22. The number of allylic oxidation sites excluding steroid dienone is 1. The average Bonchev–Trinajstić information content (AvgIpc) is 3.28. The van der Waals surface area contributed by atoms with Crippen LogP contribution in [0.4, 0.5) is 0 Å². The molecular formula is C54H105NO8. The minimum atomic E-state index is -1.56. The van der Waals surface area contributed by atoms with Crippen LogP contribution >= 0.6 is 0 Å². The number of hydrogen-bond acceptors (Lipinski definition) is 8. The van der Waals surface area contributed by atoms with Crippen molar-refractivity contribution < 1.29 is 39.8 Å². The molecule has 0 aromatic heterocycles. The molecule has 63 heavy (non-hydrogen) atoms. The SMILES string of the molecule is CCCCCCCCCCCCCCCC/C=C/[C@@H](O)[C@H](CO[C@@H]1O[C@H](CO)[C@H](O)C(O)C1O)NC(=O)CCCCCCCCCCCCCCCCCCCCCCCCCC. The van der Waals surface area contributed by atoms with Gasteiger partial charge in [-0.05, 0) is 19.3 Å². The molecule has 9 nitrogen and oxygen atoms in total. The van der Waals surface area contributed by atoms with Crippen LogP contribution in [0.2, 0.25) is 0 Å². The highest BCUT2D eigenvalue weighted by molar-refractivity contribution is 5.76. The van der Waals surface area contributed by atoms with Crippen molar-refractivity contribution in [1.82, 2.24) is 5.32 Å². The van der Waals surface area contributed by atoms with E-state index in [0.29, 0.717) is 6.42 Å². The molecule has 0 saturated carbocycles. The highest BCUT2D eigenvalue weighted by atomic mass is 16.7. The third-order valence-corrected chi connectivity index (χ3v) is 13.4. The lowest BCUT2D eigenvalue weighted by atomic mass is 9.99. The smallest absolute Gasteiger partial charge is 0.220 e. The van der Waals surface area contributed by atoms with Gasteiger partial charge in [-0.15, -0.1) is 0 Å². The van der Waals surface area contributed by atoms with E-state index in [1.807, 2.05) is 6.08 Å². The lowest BCUT2D eigenvalue weighted by molar-refractivity contribution is -0.302. The van der Waals surface area contributed by atoms with Crippen molar-refractivity contribution in [2.45, 2.75) is 314 Å². The molecule has 2 unspecified atom stereocenters. The summed E-state index contributed by atoms with van der Waals surface area (Å²) in [5.74, 6) is -0.171. The van der Waals surface area contributed by atoms with E-state index in [2.05, 4.69) is 19.2 Å². The molecule has 1 saturated heterocycles. The van der Waals surface area contributed by atoms with E-state index in [-0.39, 0.29) is 12.5 Å². The number of ether oxygens (including phenoxy) is 2. The fourth-order valence-electron chi connectivity index (χ4n) is 8.98. The molecule has 0 aromatic carbocycles. The van der Waals surface area contributed by atoms with Gasteiger partial charge in [0.2, 0.25) is 5.91 Å². The maximum Gasteiger partial charge on any atom is 0.220 e. The Bertz CT molecular complexity index is 997. The predicted molar refractivity (Wildman–Crippen MR) is 263 cm³/mol. The van der Waals surface area contributed by atoms with Crippen LogP contribution in [0.1, 0.15) is 271 Å². The van der Waals surface area contributed by atoms with Gasteiger partial charge in [-0.2, -0.15) is 0 Å². The van der Waals surface area contributed by atoms with Crippen LogP contribution in [-0.4, -0.2) is 87.5 Å². The lowest BCUT2D eigenvalue weighted by Gasteiger charge is -2.40. The zero-order valence-electron chi connectivity index (χ0n) is 41.4. The van der Waals surface area contributed by atoms with E-state index in [9.17, 15) is 30.3 Å². The van der Waals surface area contributed by atoms with Crippen LogP contribution in [0.5, 0.6) is 0 Å². The molecular weight excluding hydrogens is 791 g/mol. The lowest BCUT2D eigenvalue weighted by Crippen LogP contribution is -2.60. The largest absolute Gasteiger partial charge is 0.394 e. The van der Waals surface area contributed by atoms with E-state index in [1.54, 1.807) is 6.08 Å². The summed E-state index contributed by atoms with van der Waals surface area (Å²) in [4.78, 5) is 13.0. The zero-order chi connectivity index (χ0) is 45.9. The number of amides is 1. The second kappa shape index (κ2) is 44.7. The summed E-state index contributed by atoms with van der Waals surface area (Å²) in [6, 6.07) is -0.799. The predicted octanol–water partition coefficient (Wildman–Crippen LogP) is 12.8. The third kappa shape index (κ3) is 34.8. The van der Waals surface area contributed by atoms with Crippen LogP contribution in [0.25, 0.3) is 0 Å². The van der Waals surface area contributed by atoms with Crippen LogP contribution in [-0.2, 0) is 14.3 Å². The summed E-state index contributed by atoms with van der Waals surface area (Å²) < 4.78 is 11.3. The Morgan fingerprint density at radius 2 is 0.873 bits per heavy atom. The molecule has 1 heterocycles. The first-order chi connectivity index (χ1) is 30.8. The number of nitrogens with one attached hydrogen (secondary N) is 1. The van der Waals surface area contributed by atoms with Gasteiger partial charge in [0, 0.05) is 6.42 Å². The first-order valence-electron chi connectivity index (χ1n) is 27.4. The van der Waals surface area contributed by atoms with Gasteiger partial charge in [0.1, 0.15) is 24.4 Å². The molecule has 1 amide bonds. The summed E-state index contributed by atoms with van der Waals surface area (Å²) >= 11 is 0. The van der Waals surface area contributed by atoms with E-state index in [0.717, 1.165) is 38.5 Å². The molecule has 1 rings (SSSR count). The van der Waals surface area contributed by atoms with Crippen molar-refractivity contribution in [2.75, 3.05) is 13.2 Å². The summed E-state index contributed by atoms with van der Waals surface area (Å²) in [5.41, 5.74) is 0. The van der Waals surface area contributed by atoms with Gasteiger partial charge in [0.15, 0.2) is 6.29 Å². The average molecular weight is 896 g/mol. The first kappa shape index (κ1) is 59.9. The highest BCUT2D eigenvalue weighted by Gasteiger charge is 2.44. The van der Waals surface area contributed by atoms with Gasteiger partial charge in [-0.3, -0.25) is 4.79 Å². The van der Waals surface area contributed by atoms with Crippen LogP contribution in [0, 0.1) is 0 Å². The molecule has 9 heteroatoms. The Hall–Kier alpha value is -1.07. The molecule has 1 aliphatic rings. The van der Waals surface area contributed by atoms with Crippen molar-refractivity contribution in [3.8, 4) is 0 Å². The highest BCUT2D eigenvalue weighted by Crippen LogP contribution is 2.23. The van der Waals surface area contributed by atoms with Gasteiger partial charge in [0.25, 0.3) is 0 Å². The second-order valence-corrected chi connectivity index (χ2v) is 19.4. The molecule has 1 aliphatic heterocycles. The van der Waals surface area contributed by atoms with Gasteiger partial charge < -0.3 is 40.3 Å². The summed E-state index contributed by atoms with van der Waals surface area (Å²) in [6.07, 6.45) is 47.0. The molecule has 1 fully saturated rings. The maximum atomic E-state index is 13.0. The molecule has 374 valence electrons. The Morgan fingerprint density at radius 1 is 0.524 bits per heavy atom. The molecule has 0 bridgehead atoms. The van der Waals surface area contributed by atoms with Crippen molar-refractivity contribution in [2.24, 2.45) is 0 Å². The normalized spacial score (nSPS) is 20.1.